The van der Waals surface area contributed by atoms with Gasteiger partial charge in [0.2, 0.25) is 0 Å². The summed E-state index contributed by atoms with van der Waals surface area (Å²) in [5.74, 6) is 0.177. The molecule has 0 radical (unpaired) electrons. The molecule has 1 aliphatic heterocycles. The molecule has 22 heavy (non-hydrogen) atoms. The molecule has 0 bridgehead atoms. The van der Waals surface area contributed by atoms with Crippen molar-refractivity contribution in [1.82, 2.24) is 14.7 Å². The fourth-order valence-electron chi connectivity index (χ4n) is 2.84. The van der Waals surface area contributed by atoms with Crippen molar-refractivity contribution in [1.29, 1.82) is 0 Å². The summed E-state index contributed by atoms with van der Waals surface area (Å²) in [4.78, 5) is 19.3. The lowest BCUT2D eigenvalue weighted by molar-refractivity contribution is 0.0633. The van der Waals surface area contributed by atoms with Crippen LogP contribution >= 0.6 is 0 Å². The predicted octanol–water partition coefficient (Wildman–Crippen LogP) is 2.01. The molecule has 1 heterocycles. The highest BCUT2D eigenvalue weighted by Gasteiger charge is 2.21. The van der Waals surface area contributed by atoms with Crippen molar-refractivity contribution in [3.63, 3.8) is 0 Å². The molecule has 1 aromatic carbocycles. The number of carbonyl (C=O) groups excluding carboxylic acids is 1. The highest BCUT2D eigenvalue weighted by Crippen LogP contribution is 2.13. The van der Waals surface area contributed by atoms with Gasteiger partial charge in [-0.15, -0.1) is 0 Å². The van der Waals surface area contributed by atoms with E-state index in [0.717, 1.165) is 44.8 Å². The standard InChI is InChI=1S/C18H29N3O/c1-15-6-7-17(14-16(15)2)18(22)21-12-10-20(11-13-21)9-5-8-19(3)4/h6-7,14H,5,8-13H2,1-4H3. The third kappa shape index (κ3) is 4.55. The minimum absolute atomic E-state index is 0.177. The van der Waals surface area contributed by atoms with Crippen molar-refractivity contribution in [3.8, 4) is 0 Å². The normalized spacial score (nSPS) is 16.3. The number of piperazine rings is 1. The summed E-state index contributed by atoms with van der Waals surface area (Å²) in [5, 5.41) is 0. The third-order valence-electron chi connectivity index (χ3n) is 4.49. The molecular weight excluding hydrogens is 274 g/mol. The Hall–Kier alpha value is -1.39. The number of carbonyl (C=O) groups is 1. The number of rotatable bonds is 5. The van der Waals surface area contributed by atoms with Gasteiger partial charge in [0.25, 0.3) is 5.91 Å². The first-order chi connectivity index (χ1) is 10.5. The molecule has 1 aromatic rings. The average molecular weight is 303 g/mol. The minimum atomic E-state index is 0.177. The van der Waals surface area contributed by atoms with E-state index >= 15 is 0 Å². The second-order valence-corrected chi connectivity index (χ2v) is 6.59. The summed E-state index contributed by atoms with van der Waals surface area (Å²) >= 11 is 0. The van der Waals surface area contributed by atoms with Crippen LogP contribution in [0.5, 0.6) is 0 Å². The first-order valence-corrected chi connectivity index (χ1v) is 8.21. The Morgan fingerprint density at radius 3 is 2.36 bits per heavy atom. The number of benzene rings is 1. The van der Waals surface area contributed by atoms with Crippen LogP contribution in [-0.2, 0) is 0 Å². The van der Waals surface area contributed by atoms with Crippen LogP contribution in [0.25, 0.3) is 0 Å². The van der Waals surface area contributed by atoms with Gasteiger partial charge in [0.15, 0.2) is 0 Å². The molecular formula is C18H29N3O. The van der Waals surface area contributed by atoms with Crippen LogP contribution in [0.2, 0.25) is 0 Å². The summed E-state index contributed by atoms with van der Waals surface area (Å²) in [5.41, 5.74) is 3.25. The second-order valence-electron chi connectivity index (χ2n) is 6.59. The maximum absolute atomic E-state index is 12.6. The van der Waals surface area contributed by atoms with Crippen LogP contribution in [0.3, 0.4) is 0 Å². The molecule has 0 spiro atoms. The van der Waals surface area contributed by atoms with Gasteiger partial charge in [-0.3, -0.25) is 9.69 Å². The summed E-state index contributed by atoms with van der Waals surface area (Å²) in [7, 11) is 4.22. The van der Waals surface area contributed by atoms with Crippen LogP contribution in [0.15, 0.2) is 18.2 Å². The molecule has 0 unspecified atom stereocenters. The van der Waals surface area contributed by atoms with Crippen LogP contribution in [0, 0.1) is 13.8 Å². The van der Waals surface area contributed by atoms with Crippen molar-refractivity contribution in [2.24, 2.45) is 0 Å². The molecule has 2 rings (SSSR count). The summed E-state index contributed by atoms with van der Waals surface area (Å²) in [6, 6.07) is 6.01. The quantitative estimate of drug-likeness (QED) is 0.832. The van der Waals surface area contributed by atoms with Gasteiger partial charge in [0, 0.05) is 31.7 Å². The van der Waals surface area contributed by atoms with Gasteiger partial charge >= 0.3 is 0 Å². The molecule has 0 aliphatic carbocycles. The van der Waals surface area contributed by atoms with Crippen molar-refractivity contribution < 1.29 is 4.79 Å². The Bertz CT molecular complexity index is 505. The molecule has 122 valence electrons. The molecule has 0 saturated carbocycles. The Kier molecular flexibility index (Phi) is 5.98. The number of nitrogens with zero attached hydrogens (tertiary/aromatic N) is 3. The second kappa shape index (κ2) is 7.75. The van der Waals surface area contributed by atoms with E-state index in [0.29, 0.717) is 0 Å². The van der Waals surface area contributed by atoms with Crippen molar-refractivity contribution in [2.45, 2.75) is 20.3 Å². The molecule has 4 nitrogen and oxygen atoms in total. The monoisotopic (exact) mass is 303 g/mol. The zero-order valence-corrected chi connectivity index (χ0v) is 14.4. The lowest BCUT2D eigenvalue weighted by Gasteiger charge is -2.35. The highest BCUT2D eigenvalue weighted by molar-refractivity contribution is 5.94. The fraction of sp³-hybridized carbons (Fsp3) is 0.611. The van der Waals surface area contributed by atoms with Crippen molar-refractivity contribution >= 4 is 5.91 Å². The Morgan fingerprint density at radius 1 is 1.09 bits per heavy atom. The Morgan fingerprint density at radius 2 is 1.77 bits per heavy atom. The highest BCUT2D eigenvalue weighted by atomic mass is 16.2. The number of amides is 1. The molecule has 0 N–H and O–H groups in total. The van der Waals surface area contributed by atoms with E-state index in [1.807, 2.05) is 23.1 Å². The van der Waals surface area contributed by atoms with Gasteiger partial charge in [-0.05, 0) is 70.7 Å². The first kappa shape index (κ1) is 17.0. The number of hydrogen-bond acceptors (Lipinski definition) is 3. The van der Waals surface area contributed by atoms with Crippen molar-refractivity contribution in [2.75, 3.05) is 53.4 Å². The molecule has 4 heteroatoms. The maximum atomic E-state index is 12.6. The van der Waals surface area contributed by atoms with Gasteiger partial charge in [-0.25, -0.2) is 0 Å². The van der Waals surface area contributed by atoms with Crippen molar-refractivity contribution in [3.05, 3.63) is 34.9 Å². The molecule has 0 aromatic heterocycles. The van der Waals surface area contributed by atoms with E-state index in [-0.39, 0.29) is 5.91 Å². The predicted molar refractivity (Wildman–Crippen MR) is 91.4 cm³/mol. The van der Waals surface area contributed by atoms with Crippen LogP contribution in [0.4, 0.5) is 0 Å². The lowest BCUT2D eigenvalue weighted by Crippen LogP contribution is -2.49. The third-order valence-corrected chi connectivity index (χ3v) is 4.49. The van der Waals surface area contributed by atoms with Gasteiger partial charge in [-0.1, -0.05) is 6.07 Å². The van der Waals surface area contributed by atoms with Crippen LogP contribution in [0.1, 0.15) is 27.9 Å². The van der Waals surface area contributed by atoms with Gasteiger partial charge < -0.3 is 9.80 Å². The lowest BCUT2D eigenvalue weighted by atomic mass is 10.1. The van der Waals surface area contributed by atoms with Crippen LogP contribution in [-0.4, -0.2) is 74.0 Å². The van der Waals surface area contributed by atoms with Gasteiger partial charge in [-0.2, -0.15) is 0 Å². The van der Waals surface area contributed by atoms with E-state index in [2.05, 4.69) is 37.7 Å². The topological polar surface area (TPSA) is 26.8 Å². The van der Waals surface area contributed by atoms with E-state index in [4.69, 9.17) is 0 Å². The molecule has 1 aliphatic rings. The first-order valence-electron chi connectivity index (χ1n) is 8.21. The molecule has 1 amide bonds. The number of aryl methyl sites for hydroxylation is 2. The zero-order chi connectivity index (χ0) is 16.1. The smallest absolute Gasteiger partial charge is 0.253 e. The summed E-state index contributed by atoms with van der Waals surface area (Å²) in [6.07, 6.45) is 1.19. The van der Waals surface area contributed by atoms with E-state index in [9.17, 15) is 4.79 Å². The molecule has 1 fully saturated rings. The summed E-state index contributed by atoms with van der Waals surface area (Å²) in [6.45, 7) is 10.1. The maximum Gasteiger partial charge on any atom is 0.253 e. The molecule has 1 saturated heterocycles. The van der Waals surface area contributed by atoms with E-state index in [1.54, 1.807) is 0 Å². The van der Waals surface area contributed by atoms with E-state index in [1.165, 1.54) is 17.5 Å². The van der Waals surface area contributed by atoms with Gasteiger partial charge in [0.05, 0.1) is 0 Å². The van der Waals surface area contributed by atoms with Crippen LogP contribution < -0.4 is 0 Å². The minimum Gasteiger partial charge on any atom is -0.336 e. The SMILES string of the molecule is Cc1ccc(C(=O)N2CCN(CCCN(C)C)CC2)cc1C. The Labute approximate surface area is 134 Å². The zero-order valence-electron chi connectivity index (χ0n) is 14.4. The Balaban J connectivity index is 1.83. The fourth-order valence-corrected chi connectivity index (χ4v) is 2.84. The largest absolute Gasteiger partial charge is 0.336 e. The average Bonchev–Trinajstić information content (AvgIpc) is 2.50. The van der Waals surface area contributed by atoms with E-state index < -0.39 is 0 Å². The van der Waals surface area contributed by atoms with Gasteiger partial charge in [0.1, 0.15) is 0 Å². The number of hydrogen-bond donors (Lipinski definition) is 0. The summed E-state index contributed by atoms with van der Waals surface area (Å²) < 4.78 is 0. The molecule has 0 atom stereocenters.